The van der Waals surface area contributed by atoms with Gasteiger partial charge in [0, 0.05) is 0 Å². The van der Waals surface area contributed by atoms with Crippen molar-refractivity contribution in [3.8, 4) is 11.5 Å². The molecule has 0 aliphatic heterocycles. The van der Waals surface area contributed by atoms with Crippen LogP contribution in [-0.4, -0.2) is 25.3 Å². The second-order valence-electron chi connectivity index (χ2n) is 7.51. The van der Waals surface area contributed by atoms with Crippen molar-refractivity contribution in [1.82, 2.24) is 0 Å². The summed E-state index contributed by atoms with van der Waals surface area (Å²) in [6.07, 6.45) is 7.19. The molecule has 0 unspecified atom stereocenters. The monoisotopic (exact) mass is 316 g/mol. The van der Waals surface area contributed by atoms with E-state index in [4.69, 9.17) is 14.2 Å². The summed E-state index contributed by atoms with van der Waals surface area (Å²) in [6, 6.07) is 7.36. The highest BCUT2D eigenvalue weighted by atomic mass is 16.6. The molecule has 124 valence electrons. The SMILES string of the molecule is COc1ccccc1OCC(=O)OC12CC3CC(CC(C3)C1)C2. The number of esters is 1. The van der Waals surface area contributed by atoms with Crippen LogP contribution in [-0.2, 0) is 9.53 Å². The van der Waals surface area contributed by atoms with Crippen molar-refractivity contribution in [2.45, 2.75) is 44.1 Å². The lowest BCUT2D eigenvalue weighted by molar-refractivity contribution is -0.188. The Bertz CT molecular complexity index is 560. The van der Waals surface area contributed by atoms with Crippen LogP contribution in [0.4, 0.5) is 0 Å². The summed E-state index contributed by atoms with van der Waals surface area (Å²) in [4.78, 5) is 12.3. The van der Waals surface area contributed by atoms with E-state index in [2.05, 4.69) is 0 Å². The third kappa shape index (κ3) is 2.91. The van der Waals surface area contributed by atoms with Crippen molar-refractivity contribution in [3.63, 3.8) is 0 Å². The number of ether oxygens (including phenoxy) is 3. The maximum Gasteiger partial charge on any atom is 0.344 e. The molecule has 4 bridgehead atoms. The van der Waals surface area contributed by atoms with Gasteiger partial charge in [0.1, 0.15) is 5.60 Å². The van der Waals surface area contributed by atoms with Crippen molar-refractivity contribution in [3.05, 3.63) is 24.3 Å². The van der Waals surface area contributed by atoms with Crippen LogP contribution >= 0.6 is 0 Å². The first-order valence-electron chi connectivity index (χ1n) is 8.63. The van der Waals surface area contributed by atoms with E-state index in [0.29, 0.717) is 11.5 Å². The number of para-hydroxylation sites is 2. The van der Waals surface area contributed by atoms with Gasteiger partial charge in [-0.1, -0.05) is 12.1 Å². The highest BCUT2D eigenvalue weighted by Gasteiger charge is 2.53. The molecule has 0 amide bonds. The van der Waals surface area contributed by atoms with Crippen molar-refractivity contribution < 1.29 is 19.0 Å². The number of rotatable bonds is 5. The van der Waals surface area contributed by atoms with Crippen LogP contribution in [0.1, 0.15) is 38.5 Å². The number of carbonyl (C=O) groups is 1. The molecule has 4 nitrogen and oxygen atoms in total. The standard InChI is InChI=1S/C19H24O4/c1-21-16-4-2-3-5-17(16)22-12-18(20)23-19-9-13-6-14(10-19)8-15(7-13)11-19/h2-5,13-15H,6-12H2,1H3. The fraction of sp³-hybridized carbons (Fsp3) is 0.632. The summed E-state index contributed by atoms with van der Waals surface area (Å²) in [5.74, 6) is 3.27. The molecule has 0 aromatic heterocycles. The fourth-order valence-electron chi connectivity index (χ4n) is 5.30. The zero-order valence-electron chi connectivity index (χ0n) is 13.6. The number of benzene rings is 1. The Labute approximate surface area is 137 Å². The molecule has 0 spiro atoms. The zero-order valence-corrected chi connectivity index (χ0v) is 13.6. The van der Waals surface area contributed by atoms with E-state index in [-0.39, 0.29) is 18.2 Å². The average molecular weight is 316 g/mol. The summed E-state index contributed by atoms with van der Waals surface area (Å²) >= 11 is 0. The molecule has 4 aliphatic rings. The molecular formula is C19H24O4. The van der Waals surface area contributed by atoms with E-state index < -0.39 is 0 Å². The van der Waals surface area contributed by atoms with E-state index in [1.165, 1.54) is 19.3 Å². The van der Waals surface area contributed by atoms with Crippen molar-refractivity contribution in [2.24, 2.45) is 17.8 Å². The van der Waals surface area contributed by atoms with Crippen molar-refractivity contribution >= 4 is 5.97 Å². The first kappa shape index (κ1) is 14.9. The maximum absolute atomic E-state index is 12.3. The van der Waals surface area contributed by atoms with E-state index in [1.54, 1.807) is 13.2 Å². The van der Waals surface area contributed by atoms with Crippen LogP contribution in [0.5, 0.6) is 11.5 Å². The van der Waals surface area contributed by atoms with Gasteiger partial charge in [0.15, 0.2) is 18.1 Å². The molecule has 0 saturated heterocycles. The normalized spacial score (nSPS) is 34.2. The molecule has 0 N–H and O–H groups in total. The van der Waals surface area contributed by atoms with E-state index in [0.717, 1.165) is 37.0 Å². The predicted octanol–water partition coefficient (Wildman–Crippen LogP) is 3.59. The topological polar surface area (TPSA) is 44.8 Å². The summed E-state index contributed by atoms with van der Waals surface area (Å²) < 4.78 is 16.8. The Kier molecular flexibility index (Phi) is 3.70. The van der Waals surface area contributed by atoms with Crippen LogP contribution < -0.4 is 9.47 Å². The number of hydrogen-bond donors (Lipinski definition) is 0. The quantitative estimate of drug-likeness (QED) is 0.779. The first-order valence-corrected chi connectivity index (χ1v) is 8.63. The summed E-state index contributed by atoms with van der Waals surface area (Å²) in [6.45, 7) is -0.0534. The number of carbonyl (C=O) groups excluding carboxylic acids is 1. The Balaban J connectivity index is 1.37. The minimum Gasteiger partial charge on any atom is -0.493 e. The Morgan fingerprint density at radius 2 is 1.61 bits per heavy atom. The van der Waals surface area contributed by atoms with E-state index in [9.17, 15) is 4.79 Å². The molecule has 5 rings (SSSR count). The van der Waals surface area contributed by atoms with Gasteiger partial charge < -0.3 is 14.2 Å². The maximum atomic E-state index is 12.3. The molecule has 0 atom stereocenters. The molecule has 0 radical (unpaired) electrons. The molecule has 4 fully saturated rings. The molecule has 1 aromatic rings. The third-order valence-corrected chi connectivity index (χ3v) is 5.73. The smallest absolute Gasteiger partial charge is 0.344 e. The van der Waals surface area contributed by atoms with Crippen LogP contribution in [0.15, 0.2) is 24.3 Å². The second kappa shape index (κ2) is 5.73. The summed E-state index contributed by atoms with van der Waals surface area (Å²) in [7, 11) is 1.59. The fourth-order valence-corrected chi connectivity index (χ4v) is 5.30. The summed E-state index contributed by atoms with van der Waals surface area (Å²) in [5.41, 5.74) is -0.198. The molecule has 4 saturated carbocycles. The first-order chi connectivity index (χ1) is 11.2. The van der Waals surface area contributed by atoms with Crippen LogP contribution in [0, 0.1) is 17.8 Å². The van der Waals surface area contributed by atoms with Crippen LogP contribution in [0.3, 0.4) is 0 Å². The van der Waals surface area contributed by atoms with Gasteiger partial charge in [0.25, 0.3) is 0 Å². The van der Waals surface area contributed by atoms with E-state index >= 15 is 0 Å². The summed E-state index contributed by atoms with van der Waals surface area (Å²) in [5, 5.41) is 0. The molecule has 4 heteroatoms. The Morgan fingerprint density at radius 3 is 2.17 bits per heavy atom. The second-order valence-corrected chi connectivity index (χ2v) is 7.51. The van der Waals surface area contributed by atoms with Gasteiger partial charge in [0.2, 0.25) is 0 Å². The minimum atomic E-state index is -0.252. The van der Waals surface area contributed by atoms with Crippen molar-refractivity contribution in [2.75, 3.05) is 13.7 Å². The molecule has 4 aliphatic carbocycles. The lowest BCUT2D eigenvalue weighted by atomic mass is 9.54. The van der Waals surface area contributed by atoms with Gasteiger partial charge in [-0.25, -0.2) is 4.79 Å². The van der Waals surface area contributed by atoms with Gasteiger partial charge in [-0.05, 0) is 68.4 Å². The zero-order chi connectivity index (χ0) is 15.9. The Hall–Kier alpha value is -1.71. The highest BCUT2D eigenvalue weighted by molar-refractivity contribution is 5.72. The molecule has 1 aromatic carbocycles. The number of methoxy groups -OCH3 is 1. The molecule has 23 heavy (non-hydrogen) atoms. The lowest BCUT2D eigenvalue weighted by Gasteiger charge is -2.55. The van der Waals surface area contributed by atoms with Gasteiger partial charge in [-0.2, -0.15) is 0 Å². The van der Waals surface area contributed by atoms with Crippen LogP contribution in [0.25, 0.3) is 0 Å². The average Bonchev–Trinajstić information content (AvgIpc) is 2.51. The highest BCUT2D eigenvalue weighted by Crippen LogP contribution is 2.57. The van der Waals surface area contributed by atoms with Gasteiger partial charge >= 0.3 is 5.97 Å². The van der Waals surface area contributed by atoms with Crippen LogP contribution in [0.2, 0.25) is 0 Å². The predicted molar refractivity (Wildman–Crippen MR) is 85.5 cm³/mol. The number of hydrogen-bond acceptors (Lipinski definition) is 4. The largest absolute Gasteiger partial charge is 0.493 e. The molecular weight excluding hydrogens is 292 g/mol. The minimum absolute atomic E-state index is 0.0534. The lowest BCUT2D eigenvalue weighted by Crippen LogP contribution is -2.53. The third-order valence-electron chi connectivity index (χ3n) is 5.73. The van der Waals surface area contributed by atoms with Gasteiger partial charge in [-0.15, -0.1) is 0 Å². The van der Waals surface area contributed by atoms with Gasteiger partial charge in [-0.3, -0.25) is 0 Å². The molecule has 0 heterocycles. The van der Waals surface area contributed by atoms with Gasteiger partial charge in [0.05, 0.1) is 7.11 Å². The van der Waals surface area contributed by atoms with Crippen molar-refractivity contribution in [1.29, 1.82) is 0 Å². The Morgan fingerprint density at radius 1 is 1.04 bits per heavy atom. The van der Waals surface area contributed by atoms with E-state index in [1.807, 2.05) is 18.2 Å².